The number of hydrazone groups is 1. The van der Waals surface area contributed by atoms with Crippen LogP contribution < -0.4 is 10.2 Å². The first kappa shape index (κ1) is 25.9. The minimum Gasteiger partial charge on any atom is -0.487 e. The molecular weight excluding hydrogens is 681 g/mol. The zero-order valence-corrected chi connectivity index (χ0v) is 21.3. The number of carbonyl (C=O) groups excluding carboxylic acids is 1. The van der Waals surface area contributed by atoms with Crippen LogP contribution in [0, 0.1) is 17.3 Å². The summed E-state index contributed by atoms with van der Waals surface area (Å²) in [5, 5.41) is 14.6. The molecule has 3 rings (SSSR count). The molecule has 0 saturated heterocycles. The van der Waals surface area contributed by atoms with E-state index in [1.165, 1.54) is 24.4 Å². The normalized spacial score (nSPS) is 11.4. The lowest BCUT2D eigenvalue weighted by atomic mass is 10.1. The van der Waals surface area contributed by atoms with Crippen molar-refractivity contribution >= 4 is 63.0 Å². The lowest BCUT2D eigenvalue weighted by Gasteiger charge is -2.11. The molecule has 1 amide bonds. The summed E-state index contributed by atoms with van der Waals surface area (Å²) >= 11 is 4.16. The van der Waals surface area contributed by atoms with Crippen LogP contribution in [-0.4, -0.2) is 17.0 Å². The Labute approximate surface area is 218 Å². The van der Waals surface area contributed by atoms with Crippen LogP contribution in [-0.2, 0) is 12.8 Å². The van der Waals surface area contributed by atoms with E-state index in [9.17, 15) is 28.1 Å². The third kappa shape index (κ3) is 6.88. The number of hydrogen-bond donors (Lipinski definition) is 1. The molecule has 0 unspecified atom stereocenters. The third-order valence-electron chi connectivity index (χ3n) is 4.38. The number of carbonyl (C=O) groups is 1. The average Bonchev–Trinajstić information content (AvgIpc) is 2.78. The largest absolute Gasteiger partial charge is 0.487 e. The van der Waals surface area contributed by atoms with E-state index in [0.29, 0.717) is 11.3 Å². The Balaban J connectivity index is 1.64. The number of rotatable bonds is 7. The van der Waals surface area contributed by atoms with Crippen molar-refractivity contribution in [1.82, 2.24) is 5.43 Å². The van der Waals surface area contributed by atoms with E-state index in [-0.39, 0.29) is 17.9 Å². The second-order valence-corrected chi connectivity index (χ2v) is 9.13. The van der Waals surface area contributed by atoms with Gasteiger partial charge in [-0.25, -0.2) is 5.43 Å². The molecule has 0 aliphatic carbocycles. The molecule has 0 spiro atoms. The Hall–Kier alpha value is -2.75. The monoisotopic (exact) mass is 695 g/mol. The van der Waals surface area contributed by atoms with Gasteiger partial charge in [-0.05, 0) is 98.8 Å². The minimum atomic E-state index is -4.55. The summed E-state index contributed by atoms with van der Waals surface area (Å²) in [4.78, 5) is 22.4. The van der Waals surface area contributed by atoms with Crippen molar-refractivity contribution in [2.24, 2.45) is 5.10 Å². The van der Waals surface area contributed by atoms with E-state index in [2.05, 4.69) is 55.7 Å². The van der Waals surface area contributed by atoms with Crippen molar-refractivity contribution in [3.8, 4) is 5.75 Å². The lowest BCUT2D eigenvalue weighted by molar-refractivity contribution is -0.384. The molecule has 12 heteroatoms. The summed E-state index contributed by atoms with van der Waals surface area (Å²) in [6.07, 6.45) is -3.18. The molecule has 3 aromatic carbocycles. The molecule has 0 atom stereocenters. The molecular formula is C22H14F3I2N3O4. The molecule has 0 radical (unpaired) electrons. The lowest BCUT2D eigenvalue weighted by Crippen LogP contribution is -2.18. The van der Waals surface area contributed by atoms with Gasteiger partial charge in [-0.15, -0.1) is 0 Å². The van der Waals surface area contributed by atoms with Gasteiger partial charge in [0.05, 0.1) is 23.8 Å². The summed E-state index contributed by atoms with van der Waals surface area (Å²) in [7, 11) is 0. The van der Waals surface area contributed by atoms with Crippen molar-refractivity contribution in [3.05, 3.63) is 100 Å². The van der Waals surface area contributed by atoms with E-state index >= 15 is 0 Å². The Kier molecular flexibility index (Phi) is 8.46. The first-order valence-electron chi connectivity index (χ1n) is 9.40. The molecule has 0 bridgehead atoms. The molecule has 0 aliphatic rings. The van der Waals surface area contributed by atoms with Crippen LogP contribution in [0.1, 0.15) is 27.0 Å². The van der Waals surface area contributed by atoms with Gasteiger partial charge in [0.25, 0.3) is 11.6 Å². The number of ether oxygens (including phenoxy) is 1. The molecule has 7 nitrogen and oxygen atoms in total. The summed E-state index contributed by atoms with van der Waals surface area (Å²) in [5.74, 6) is -0.153. The van der Waals surface area contributed by atoms with Gasteiger partial charge in [0.2, 0.25) is 0 Å². The van der Waals surface area contributed by atoms with E-state index in [0.717, 1.165) is 30.9 Å². The van der Waals surface area contributed by atoms with Crippen molar-refractivity contribution in [2.75, 3.05) is 0 Å². The summed E-state index contributed by atoms with van der Waals surface area (Å²) in [6, 6.07) is 13.6. The van der Waals surface area contributed by atoms with Crippen LogP contribution in [0.3, 0.4) is 0 Å². The van der Waals surface area contributed by atoms with Crippen LogP contribution in [0.4, 0.5) is 18.9 Å². The van der Waals surface area contributed by atoms with E-state index < -0.39 is 22.6 Å². The summed E-state index contributed by atoms with van der Waals surface area (Å²) < 4.78 is 45.8. The zero-order valence-electron chi connectivity index (χ0n) is 17.0. The number of nitrogens with zero attached hydrogens (tertiary/aromatic N) is 2. The highest BCUT2D eigenvalue weighted by Crippen LogP contribution is 2.30. The first-order valence-corrected chi connectivity index (χ1v) is 11.6. The van der Waals surface area contributed by atoms with Crippen molar-refractivity contribution < 1.29 is 27.6 Å². The molecule has 34 heavy (non-hydrogen) atoms. The van der Waals surface area contributed by atoms with Gasteiger partial charge >= 0.3 is 6.18 Å². The highest BCUT2D eigenvalue weighted by Gasteiger charge is 2.30. The summed E-state index contributed by atoms with van der Waals surface area (Å²) in [5.41, 5.74) is 2.54. The van der Waals surface area contributed by atoms with E-state index in [1.807, 2.05) is 0 Å². The second kappa shape index (κ2) is 11.1. The number of nitrogens with one attached hydrogen (secondary N) is 1. The number of nitro benzene ring substituents is 1. The van der Waals surface area contributed by atoms with Gasteiger partial charge in [-0.1, -0.05) is 6.07 Å². The third-order valence-corrected chi connectivity index (χ3v) is 5.99. The number of non-ortho nitro benzene ring substituents is 1. The highest BCUT2D eigenvalue weighted by molar-refractivity contribution is 14.1. The maximum absolute atomic E-state index is 12.8. The fourth-order valence-electron chi connectivity index (χ4n) is 2.73. The molecule has 0 aliphatic heterocycles. The van der Waals surface area contributed by atoms with E-state index in [4.69, 9.17) is 4.74 Å². The fourth-order valence-corrected chi connectivity index (χ4v) is 4.86. The zero-order chi connectivity index (χ0) is 24.9. The summed E-state index contributed by atoms with van der Waals surface area (Å²) in [6.45, 7) is 0.213. The second-order valence-electron chi connectivity index (χ2n) is 6.80. The first-order chi connectivity index (χ1) is 16.0. The maximum atomic E-state index is 12.8. The molecule has 0 heterocycles. The fraction of sp³-hybridized carbons (Fsp3) is 0.0909. The standard InChI is InChI=1S/C22H14F3I2N3O4/c23-22(24,25)16-3-1-2-15(10-16)21(31)29-28-11-14-8-18(26)20(19(27)9-14)34-12-13-4-6-17(7-5-13)30(32)33/h1-11H,12H2,(H,29,31)/b28-11-. The number of benzene rings is 3. The van der Waals surface area contributed by atoms with Crippen molar-refractivity contribution in [1.29, 1.82) is 0 Å². The van der Waals surface area contributed by atoms with Crippen LogP contribution in [0.5, 0.6) is 5.75 Å². The molecule has 1 N–H and O–H groups in total. The van der Waals surface area contributed by atoms with Crippen LogP contribution >= 0.6 is 45.2 Å². The van der Waals surface area contributed by atoms with Crippen LogP contribution in [0.15, 0.2) is 65.8 Å². The smallest absolute Gasteiger partial charge is 0.416 e. The van der Waals surface area contributed by atoms with Gasteiger partial charge in [-0.3, -0.25) is 14.9 Å². The van der Waals surface area contributed by atoms with Gasteiger partial charge < -0.3 is 4.74 Å². The van der Waals surface area contributed by atoms with Crippen molar-refractivity contribution in [3.63, 3.8) is 0 Å². The predicted octanol–water partition coefficient (Wildman–Crippen LogP) is 6.17. The quantitative estimate of drug-likeness (QED) is 0.139. The van der Waals surface area contributed by atoms with Gasteiger partial charge in [-0.2, -0.15) is 18.3 Å². The van der Waals surface area contributed by atoms with Gasteiger partial charge in [0, 0.05) is 17.7 Å². The number of halogens is 5. The number of nitro groups is 1. The molecule has 3 aromatic rings. The SMILES string of the molecule is O=C(N/N=C\c1cc(I)c(OCc2ccc([N+](=O)[O-])cc2)c(I)c1)c1cccc(C(F)(F)F)c1. The van der Waals surface area contributed by atoms with Crippen LogP contribution in [0.2, 0.25) is 0 Å². The Morgan fingerprint density at radius 2 is 1.74 bits per heavy atom. The Bertz CT molecular complexity index is 1230. The van der Waals surface area contributed by atoms with Crippen molar-refractivity contribution in [2.45, 2.75) is 12.8 Å². The van der Waals surface area contributed by atoms with E-state index in [1.54, 1.807) is 24.3 Å². The Morgan fingerprint density at radius 3 is 2.32 bits per heavy atom. The molecule has 176 valence electrons. The number of amides is 1. The highest BCUT2D eigenvalue weighted by atomic mass is 127. The molecule has 0 aromatic heterocycles. The topological polar surface area (TPSA) is 93.8 Å². The minimum absolute atomic E-state index is 0.00306. The molecule has 0 saturated carbocycles. The molecule has 0 fully saturated rings. The van der Waals surface area contributed by atoms with Gasteiger partial charge in [0.1, 0.15) is 12.4 Å². The van der Waals surface area contributed by atoms with Gasteiger partial charge in [0.15, 0.2) is 0 Å². The average molecular weight is 695 g/mol. The number of alkyl halides is 3. The predicted molar refractivity (Wildman–Crippen MR) is 136 cm³/mol. The maximum Gasteiger partial charge on any atom is 0.416 e. The number of hydrogen-bond acceptors (Lipinski definition) is 5. The Morgan fingerprint density at radius 1 is 1.09 bits per heavy atom. The van der Waals surface area contributed by atoms with Crippen LogP contribution in [0.25, 0.3) is 0 Å².